The van der Waals surface area contributed by atoms with Gasteiger partial charge in [-0.05, 0) is 26.5 Å². The van der Waals surface area contributed by atoms with Gasteiger partial charge in [0.1, 0.15) is 6.61 Å². The van der Waals surface area contributed by atoms with Crippen molar-refractivity contribution in [1.29, 1.82) is 0 Å². The number of carbonyl (C=O) groups excluding carboxylic acids is 1. The Bertz CT molecular complexity index is 421. The molecule has 1 saturated heterocycles. The lowest BCUT2D eigenvalue weighted by Crippen LogP contribution is -2.57. The smallest absolute Gasteiger partial charge is 0.410 e. The minimum Gasteiger partial charge on any atom is -0.445 e. The van der Waals surface area contributed by atoms with Gasteiger partial charge in [-0.3, -0.25) is 4.90 Å². The van der Waals surface area contributed by atoms with Gasteiger partial charge in [0.15, 0.2) is 0 Å². The van der Waals surface area contributed by atoms with Crippen LogP contribution in [0.4, 0.5) is 4.79 Å². The Morgan fingerprint density at radius 3 is 2.58 bits per heavy atom. The largest absolute Gasteiger partial charge is 0.445 e. The molecule has 0 aromatic heterocycles. The third kappa shape index (κ3) is 3.26. The van der Waals surface area contributed by atoms with Crippen LogP contribution in [0, 0.1) is 0 Å². The van der Waals surface area contributed by atoms with Gasteiger partial charge in [-0.2, -0.15) is 0 Å². The molecular formula is C15H22N2O2. The minimum atomic E-state index is -0.212. The summed E-state index contributed by atoms with van der Waals surface area (Å²) in [5.41, 5.74) is 1.02. The second-order valence-corrected chi connectivity index (χ2v) is 5.20. The zero-order valence-electron chi connectivity index (χ0n) is 11.9. The van der Waals surface area contributed by atoms with E-state index in [-0.39, 0.29) is 12.1 Å². The summed E-state index contributed by atoms with van der Waals surface area (Å²) < 4.78 is 5.39. The summed E-state index contributed by atoms with van der Waals surface area (Å²) in [7, 11) is 2.09. The molecule has 2 rings (SSSR count). The molecule has 1 heterocycles. The van der Waals surface area contributed by atoms with Crippen molar-refractivity contribution >= 4 is 6.09 Å². The van der Waals surface area contributed by atoms with Gasteiger partial charge in [0, 0.05) is 25.2 Å². The summed E-state index contributed by atoms with van der Waals surface area (Å²) in [6.07, 6.45) is -0.212. The Labute approximate surface area is 115 Å². The molecule has 1 aromatic carbocycles. The lowest BCUT2D eigenvalue weighted by Gasteiger charge is -2.42. The number of ether oxygens (including phenoxy) is 1. The van der Waals surface area contributed by atoms with Crippen molar-refractivity contribution in [2.75, 3.05) is 20.1 Å². The summed E-state index contributed by atoms with van der Waals surface area (Å²) >= 11 is 0. The summed E-state index contributed by atoms with van der Waals surface area (Å²) in [6.45, 7) is 6.18. The van der Waals surface area contributed by atoms with Crippen molar-refractivity contribution < 1.29 is 9.53 Å². The fourth-order valence-corrected chi connectivity index (χ4v) is 2.36. The maximum Gasteiger partial charge on any atom is 0.410 e. The van der Waals surface area contributed by atoms with Crippen molar-refractivity contribution in [2.45, 2.75) is 32.5 Å². The topological polar surface area (TPSA) is 32.8 Å². The molecule has 0 N–H and O–H groups in total. The van der Waals surface area contributed by atoms with Crippen LogP contribution >= 0.6 is 0 Å². The fraction of sp³-hybridized carbons (Fsp3) is 0.533. The average Bonchev–Trinajstić information content (AvgIpc) is 2.43. The molecule has 19 heavy (non-hydrogen) atoms. The number of piperazine rings is 1. The van der Waals surface area contributed by atoms with Crippen LogP contribution < -0.4 is 0 Å². The van der Waals surface area contributed by atoms with Crippen molar-refractivity contribution in [1.82, 2.24) is 9.80 Å². The van der Waals surface area contributed by atoms with Crippen LogP contribution in [-0.2, 0) is 11.3 Å². The molecule has 104 valence electrons. The first-order valence-corrected chi connectivity index (χ1v) is 6.77. The number of likely N-dealkylation sites (N-methyl/N-ethyl adjacent to an activating group) is 1. The Morgan fingerprint density at radius 1 is 1.21 bits per heavy atom. The summed E-state index contributed by atoms with van der Waals surface area (Å²) in [4.78, 5) is 16.2. The van der Waals surface area contributed by atoms with E-state index in [2.05, 4.69) is 25.8 Å². The third-order valence-electron chi connectivity index (χ3n) is 4.02. The molecule has 1 aliphatic rings. The van der Waals surface area contributed by atoms with Crippen LogP contribution in [0.2, 0.25) is 0 Å². The van der Waals surface area contributed by atoms with Gasteiger partial charge in [-0.15, -0.1) is 0 Å². The van der Waals surface area contributed by atoms with Crippen LogP contribution in [0.3, 0.4) is 0 Å². The Morgan fingerprint density at radius 2 is 1.89 bits per heavy atom. The van der Waals surface area contributed by atoms with E-state index in [0.717, 1.165) is 18.7 Å². The second kappa shape index (κ2) is 6.06. The fourth-order valence-electron chi connectivity index (χ4n) is 2.36. The number of nitrogens with zero attached hydrogens (tertiary/aromatic N) is 2. The van der Waals surface area contributed by atoms with Gasteiger partial charge in [0.2, 0.25) is 0 Å². The number of carbonyl (C=O) groups is 1. The molecule has 0 bridgehead atoms. The van der Waals surface area contributed by atoms with E-state index < -0.39 is 0 Å². The molecule has 0 unspecified atom stereocenters. The molecule has 4 nitrogen and oxygen atoms in total. The highest BCUT2D eigenvalue weighted by molar-refractivity contribution is 5.68. The summed E-state index contributed by atoms with van der Waals surface area (Å²) in [5, 5.41) is 0. The van der Waals surface area contributed by atoms with E-state index in [1.165, 1.54) is 0 Å². The molecule has 0 spiro atoms. The van der Waals surface area contributed by atoms with Gasteiger partial charge in [0.25, 0.3) is 0 Å². The Hall–Kier alpha value is -1.55. The molecule has 1 aromatic rings. The van der Waals surface area contributed by atoms with E-state index in [1.807, 2.05) is 35.2 Å². The van der Waals surface area contributed by atoms with Crippen molar-refractivity contribution in [3.8, 4) is 0 Å². The monoisotopic (exact) mass is 262 g/mol. The number of benzene rings is 1. The normalized spacial score (nSPS) is 24.3. The number of hydrogen-bond acceptors (Lipinski definition) is 3. The molecule has 2 atom stereocenters. The maximum atomic E-state index is 12.1. The SMILES string of the molecule is C[C@@H]1[C@@H](C)N(C(=O)OCc2ccccc2)CCN1C. The van der Waals surface area contributed by atoms with Gasteiger partial charge in [0.05, 0.1) is 0 Å². The van der Waals surface area contributed by atoms with Crippen molar-refractivity contribution in [3.63, 3.8) is 0 Å². The molecule has 0 saturated carbocycles. The lowest BCUT2D eigenvalue weighted by atomic mass is 10.1. The minimum absolute atomic E-state index is 0.182. The number of rotatable bonds is 2. The Kier molecular flexibility index (Phi) is 4.43. The molecule has 0 aliphatic carbocycles. The van der Waals surface area contributed by atoms with Gasteiger partial charge < -0.3 is 9.64 Å². The lowest BCUT2D eigenvalue weighted by molar-refractivity contribution is 0.0309. The molecular weight excluding hydrogens is 240 g/mol. The molecule has 1 amide bonds. The predicted octanol–water partition coefficient (Wildman–Crippen LogP) is 2.35. The van der Waals surface area contributed by atoms with Crippen LogP contribution in [0.15, 0.2) is 30.3 Å². The number of amides is 1. The van der Waals surface area contributed by atoms with E-state index in [0.29, 0.717) is 12.6 Å². The quantitative estimate of drug-likeness (QED) is 0.820. The van der Waals surface area contributed by atoms with Crippen molar-refractivity contribution in [2.24, 2.45) is 0 Å². The highest BCUT2D eigenvalue weighted by Crippen LogP contribution is 2.16. The van der Waals surface area contributed by atoms with E-state index in [4.69, 9.17) is 4.74 Å². The second-order valence-electron chi connectivity index (χ2n) is 5.20. The van der Waals surface area contributed by atoms with Crippen molar-refractivity contribution in [3.05, 3.63) is 35.9 Å². The first-order valence-electron chi connectivity index (χ1n) is 6.77. The third-order valence-corrected chi connectivity index (χ3v) is 4.02. The molecule has 4 heteroatoms. The van der Waals surface area contributed by atoms with Gasteiger partial charge >= 0.3 is 6.09 Å². The van der Waals surface area contributed by atoms with Crippen LogP contribution in [-0.4, -0.2) is 48.1 Å². The standard InChI is InChI=1S/C15H22N2O2/c1-12-13(2)17(10-9-16(12)3)15(18)19-11-14-7-5-4-6-8-14/h4-8,12-13H,9-11H2,1-3H3/t12-,13-/m1/s1. The van der Waals surface area contributed by atoms with Crippen LogP contribution in [0.1, 0.15) is 19.4 Å². The number of hydrogen-bond donors (Lipinski definition) is 0. The first-order chi connectivity index (χ1) is 9.09. The van der Waals surface area contributed by atoms with E-state index >= 15 is 0 Å². The van der Waals surface area contributed by atoms with E-state index in [9.17, 15) is 4.79 Å². The molecule has 0 radical (unpaired) electrons. The summed E-state index contributed by atoms with van der Waals surface area (Å²) in [5.74, 6) is 0. The van der Waals surface area contributed by atoms with Crippen LogP contribution in [0.5, 0.6) is 0 Å². The van der Waals surface area contributed by atoms with Gasteiger partial charge in [-0.25, -0.2) is 4.79 Å². The van der Waals surface area contributed by atoms with E-state index in [1.54, 1.807) is 0 Å². The van der Waals surface area contributed by atoms with Gasteiger partial charge in [-0.1, -0.05) is 30.3 Å². The first kappa shape index (κ1) is 13.9. The summed E-state index contributed by atoms with van der Waals surface area (Å²) in [6, 6.07) is 10.3. The molecule has 1 aliphatic heterocycles. The highest BCUT2D eigenvalue weighted by atomic mass is 16.6. The Balaban J connectivity index is 1.90. The maximum absolute atomic E-state index is 12.1. The molecule has 1 fully saturated rings. The average molecular weight is 262 g/mol. The highest BCUT2D eigenvalue weighted by Gasteiger charge is 2.32. The zero-order valence-corrected chi connectivity index (χ0v) is 11.9. The zero-order chi connectivity index (χ0) is 13.8. The van der Waals surface area contributed by atoms with Crippen LogP contribution in [0.25, 0.3) is 0 Å². The predicted molar refractivity (Wildman–Crippen MR) is 74.9 cm³/mol.